The number of aryl methyl sites for hydroxylation is 1. The Bertz CT molecular complexity index is 859. The van der Waals surface area contributed by atoms with Crippen LogP contribution in [0.4, 0.5) is 5.69 Å². The molecule has 2 aromatic rings. The van der Waals surface area contributed by atoms with Gasteiger partial charge in [-0.05, 0) is 42.2 Å². The van der Waals surface area contributed by atoms with Gasteiger partial charge in [0.2, 0.25) is 5.91 Å². The topological polar surface area (TPSA) is 61.9 Å². The molecular weight excluding hydrogens is 378 g/mol. The molecule has 1 aliphatic rings. The number of rotatable bonds is 7. The minimum absolute atomic E-state index is 0.0160. The lowest BCUT2D eigenvalue weighted by atomic mass is 10.0. The molecule has 0 atom stereocenters. The molecule has 1 saturated heterocycles. The zero-order valence-electron chi connectivity index (χ0n) is 18.1. The van der Waals surface area contributed by atoms with E-state index in [1.54, 1.807) is 0 Å². The van der Waals surface area contributed by atoms with Gasteiger partial charge in [0.25, 0.3) is 5.91 Å². The average Bonchev–Trinajstić information content (AvgIpc) is 2.74. The Morgan fingerprint density at radius 1 is 1.03 bits per heavy atom. The van der Waals surface area contributed by atoms with Crippen LogP contribution in [0.1, 0.15) is 30.9 Å². The predicted molar refractivity (Wildman–Crippen MR) is 119 cm³/mol. The second kappa shape index (κ2) is 10.3. The molecule has 160 valence electrons. The van der Waals surface area contributed by atoms with E-state index in [1.165, 1.54) is 5.56 Å². The van der Waals surface area contributed by atoms with Crippen molar-refractivity contribution in [2.24, 2.45) is 0 Å². The van der Waals surface area contributed by atoms with Crippen LogP contribution >= 0.6 is 0 Å². The molecule has 1 N–H and O–H groups in total. The number of nitrogens with one attached hydrogen (secondary N) is 1. The van der Waals surface area contributed by atoms with Crippen molar-refractivity contribution in [2.75, 3.05) is 44.6 Å². The van der Waals surface area contributed by atoms with Crippen molar-refractivity contribution < 1.29 is 14.3 Å². The van der Waals surface area contributed by atoms with Crippen LogP contribution in [0.25, 0.3) is 0 Å². The highest BCUT2D eigenvalue weighted by atomic mass is 16.5. The Kier molecular flexibility index (Phi) is 7.46. The molecule has 1 fully saturated rings. The van der Waals surface area contributed by atoms with E-state index in [4.69, 9.17) is 4.74 Å². The van der Waals surface area contributed by atoms with Crippen molar-refractivity contribution in [3.05, 3.63) is 59.7 Å². The first kappa shape index (κ1) is 21.8. The van der Waals surface area contributed by atoms with Crippen LogP contribution in [0.3, 0.4) is 0 Å². The van der Waals surface area contributed by atoms with Crippen LogP contribution in [0, 0.1) is 6.92 Å². The number of hydrogen-bond donors (Lipinski definition) is 1. The van der Waals surface area contributed by atoms with E-state index in [1.807, 2.05) is 54.3 Å². The minimum atomic E-state index is -0.0372. The SMILES string of the molecule is Cc1ccc(C(C)C)cc1OCC(=O)N1CCN(CC(=O)Nc2ccccc2)CC1. The molecule has 2 amide bonds. The van der Waals surface area contributed by atoms with Crippen molar-refractivity contribution in [3.63, 3.8) is 0 Å². The zero-order chi connectivity index (χ0) is 21.5. The first-order chi connectivity index (χ1) is 14.4. The highest BCUT2D eigenvalue weighted by Crippen LogP contribution is 2.24. The van der Waals surface area contributed by atoms with Gasteiger partial charge in [0, 0.05) is 31.9 Å². The summed E-state index contributed by atoms with van der Waals surface area (Å²) in [4.78, 5) is 28.7. The van der Waals surface area contributed by atoms with E-state index in [0.29, 0.717) is 38.6 Å². The van der Waals surface area contributed by atoms with E-state index in [2.05, 4.69) is 30.1 Å². The van der Waals surface area contributed by atoms with Crippen LogP contribution in [0.5, 0.6) is 5.75 Å². The lowest BCUT2D eigenvalue weighted by Crippen LogP contribution is -2.51. The van der Waals surface area contributed by atoms with E-state index in [0.717, 1.165) is 17.0 Å². The van der Waals surface area contributed by atoms with Crippen LogP contribution in [0.15, 0.2) is 48.5 Å². The van der Waals surface area contributed by atoms with E-state index >= 15 is 0 Å². The summed E-state index contributed by atoms with van der Waals surface area (Å²) >= 11 is 0. The second-order valence-electron chi connectivity index (χ2n) is 8.04. The summed E-state index contributed by atoms with van der Waals surface area (Å²) in [7, 11) is 0. The first-order valence-corrected chi connectivity index (χ1v) is 10.5. The highest BCUT2D eigenvalue weighted by Gasteiger charge is 2.23. The molecule has 3 rings (SSSR count). The fourth-order valence-electron chi connectivity index (χ4n) is 3.44. The van der Waals surface area contributed by atoms with Crippen molar-refractivity contribution in [2.45, 2.75) is 26.7 Å². The largest absolute Gasteiger partial charge is 0.483 e. The highest BCUT2D eigenvalue weighted by molar-refractivity contribution is 5.92. The van der Waals surface area contributed by atoms with Crippen LogP contribution in [-0.2, 0) is 9.59 Å². The van der Waals surface area contributed by atoms with Gasteiger partial charge in [-0.2, -0.15) is 0 Å². The third kappa shape index (κ3) is 6.07. The normalized spacial score (nSPS) is 14.6. The van der Waals surface area contributed by atoms with Crippen molar-refractivity contribution in [3.8, 4) is 5.75 Å². The van der Waals surface area contributed by atoms with Crippen LogP contribution < -0.4 is 10.1 Å². The lowest BCUT2D eigenvalue weighted by molar-refractivity contribution is -0.135. The second-order valence-corrected chi connectivity index (χ2v) is 8.04. The number of carbonyl (C=O) groups is 2. The smallest absolute Gasteiger partial charge is 0.260 e. The van der Waals surface area contributed by atoms with Crippen molar-refractivity contribution >= 4 is 17.5 Å². The molecule has 0 radical (unpaired) electrons. The molecule has 6 nitrogen and oxygen atoms in total. The van der Waals surface area contributed by atoms with Gasteiger partial charge >= 0.3 is 0 Å². The minimum Gasteiger partial charge on any atom is -0.483 e. The third-order valence-corrected chi connectivity index (χ3v) is 5.38. The number of carbonyl (C=O) groups excluding carboxylic acids is 2. The summed E-state index contributed by atoms with van der Waals surface area (Å²) in [6.45, 7) is 9.19. The molecule has 0 aliphatic carbocycles. The number of piperazine rings is 1. The number of nitrogens with zero attached hydrogens (tertiary/aromatic N) is 2. The van der Waals surface area contributed by atoms with Gasteiger partial charge in [-0.25, -0.2) is 0 Å². The fourth-order valence-corrected chi connectivity index (χ4v) is 3.44. The Morgan fingerprint density at radius 3 is 2.40 bits per heavy atom. The van der Waals surface area contributed by atoms with E-state index in [9.17, 15) is 9.59 Å². The van der Waals surface area contributed by atoms with Crippen LogP contribution in [0.2, 0.25) is 0 Å². The van der Waals surface area contributed by atoms with E-state index in [-0.39, 0.29) is 18.4 Å². The molecule has 0 saturated carbocycles. The summed E-state index contributed by atoms with van der Waals surface area (Å²) in [5.41, 5.74) is 3.03. The molecule has 1 aliphatic heterocycles. The van der Waals surface area contributed by atoms with Gasteiger partial charge in [0.15, 0.2) is 6.61 Å². The Hall–Kier alpha value is -2.86. The summed E-state index contributed by atoms with van der Waals surface area (Å²) < 4.78 is 5.83. The maximum atomic E-state index is 12.6. The number of amides is 2. The molecule has 0 spiro atoms. The Balaban J connectivity index is 1.43. The van der Waals surface area contributed by atoms with Gasteiger partial charge in [0.05, 0.1) is 6.54 Å². The quantitative estimate of drug-likeness (QED) is 0.762. The fraction of sp³-hybridized carbons (Fsp3) is 0.417. The summed E-state index contributed by atoms with van der Waals surface area (Å²) in [5, 5.41) is 2.90. The summed E-state index contributed by atoms with van der Waals surface area (Å²) in [5.74, 6) is 1.13. The van der Waals surface area contributed by atoms with Gasteiger partial charge in [-0.3, -0.25) is 14.5 Å². The molecule has 2 aromatic carbocycles. The molecule has 0 unspecified atom stereocenters. The zero-order valence-corrected chi connectivity index (χ0v) is 18.1. The predicted octanol–water partition coefficient (Wildman–Crippen LogP) is 3.28. The Morgan fingerprint density at radius 2 is 1.73 bits per heavy atom. The van der Waals surface area contributed by atoms with Gasteiger partial charge in [0.1, 0.15) is 5.75 Å². The molecule has 0 bridgehead atoms. The van der Waals surface area contributed by atoms with Gasteiger partial charge in [-0.1, -0.05) is 44.2 Å². The molecular formula is C24H31N3O3. The van der Waals surface area contributed by atoms with Gasteiger partial charge < -0.3 is 15.0 Å². The lowest BCUT2D eigenvalue weighted by Gasteiger charge is -2.34. The van der Waals surface area contributed by atoms with Gasteiger partial charge in [-0.15, -0.1) is 0 Å². The average molecular weight is 410 g/mol. The number of para-hydroxylation sites is 1. The molecule has 0 aromatic heterocycles. The van der Waals surface area contributed by atoms with Crippen LogP contribution in [-0.4, -0.2) is 60.9 Å². The maximum Gasteiger partial charge on any atom is 0.260 e. The van der Waals surface area contributed by atoms with Crippen molar-refractivity contribution in [1.82, 2.24) is 9.80 Å². The first-order valence-electron chi connectivity index (χ1n) is 10.5. The number of hydrogen-bond acceptors (Lipinski definition) is 4. The monoisotopic (exact) mass is 409 g/mol. The third-order valence-electron chi connectivity index (χ3n) is 5.38. The number of anilines is 1. The van der Waals surface area contributed by atoms with Crippen molar-refractivity contribution in [1.29, 1.82) is 0 Å². The molecule has 6 heteroatoms. The number of ether oxygens (including phenoxy) is 1. The number of benzene rings is 2. The Labute approximate surface area is 178 Å². The maximum absolute atomic E-state index is 12.6. The standard InChI is InChI=1S/C24H31N3O3/c1-18(2)20-10-9-19(3)22(15-20)30-17-24(29)27-13-11-26(12-14-27)16-23(28)25-21-7-5-4-6-8-21/h4-10,15,18H,11-14,16-17H2,1-3H3,(H,25,28). The summed E-state index contributed by atoms with van der Waals surface area (Å²) in [6, 6.07) is 15.6. The molecule has 1 heterocycles. The molecule has 30 heavy (non-hydrogen) atoms. The van der Waals surface area contributed by atoms with E-state index < -0.39 is 0 Å². The summed E-state index contributed by atoms with van der Waals surface area (Å²) in [6.07, 6.45) is 0.